The average Bonchev–Trinajstić information content (AvgIpc) is 2.27. The van der Waals surface area contributed by atoms with Crippen LogP contribution in [-0.2, 0) is 0 Å². The summed E-state index contributed by atoms with van der Waals surface area (Å²) in [5.41, 5.74) is 6.99. The van der Waals surface area contributed by atoms with Crippen molar-refractivity contribution in [3.8, 4) is 5.75 Å². The Labute approximate surface area is 97.0 Å². The number of nitrogens with two attached hydrogens (primary N) is 1. The van der Waals surface area contributed by atoms with Gasteiger partial charge in [0.05, 0.1) is 7.11 Å². The first-order valence-electron chi connectivity index (χ1n) is 5.85. The molecule has 0 heterocycles. The molecule has 1 fully saturated rings. The van der Waals surface area contributed by atoms with E-state index in [0.717, 1.165) is 18.6 Å². The summed E-state index contributed by atoms with van der Waals surface area (Å²) in [6, 6.07) is 9.41. The maximum absolute atomic E-state index is 5.77. The Morgan fingerprint density at radius 3 is 2.69 bits per heavy atom. The molecule has 0 aliphatic heterocycles. The van der Waals surface area contributed by atoms with Crippen molar-refractivity contribution in [3.63, 3.8) is 0 Å². The van der Waals surface area contributed by atoms with Gasteiger partial charge >= 0.3 is 0 Å². The van der Waals surface area contributed by atoms with E-state index in [1.54, 1.807) is 7.11 Å². The molecule has 0 saturated heterocycles. The van der Waals surface area contributed by atoms with E-state index in [1.807, 2.05) is 18.2 Å². The number of hydrogen-bond acceptors (Lipinski definition) is 3. The topological polar surface area (TPSA) is 47.3 Å². The molecule has 0 aromatic heterocycles. The van der Waals surface area contributed by atoms with E-state index in [1.165, 1.54) is 5.56 Å². The Morgan fingerprint density at radius 2 is 2.06 bits per heavy atom. The minimum Gasteiger partial charge on any atom is -0.496 e. The molecule has 1 saturated carbocycles. The highest BCUT2D eigenvalue weighted by Gasteiger charge is 2.27. The highest BCUT2D eigenvalue weighted by atomic mass is 16.5. The summed E-state index contributed by atoms with van der Waals surface area (Å²) in [6.45, 7) is 2.17. The van der Waals surface area contributed by atoms with Crippen molar-refractivity contribution in [3.05, 3.63) is 29.8 Å². The molecular formula is C13H20N2O. The number of rotatable bonds is 4. The lowest BCUT2D eigenvalue weighted by molar-refractivity contribution is 0.270. The largest absolute Gasteiger partial charge is 0.496 e. The first-order chi connectivity index (χ1) is 7.70. The van der Waals surface area contributed by atoms with E-state index in [-0.39, 0.29) is 0 Å². The van der Waals surface area contributed by atoms with Crippen LogP contribution in [0.5, 0.6) is 5.75 Å². The summed E-state index contributed by atoms with van der Waals surface area (Å²) in [6.07, 6.45) is 2.17. The summed E-state index contributed by atoms with van der Waals surface area (Å²) < 4.78 is 5.36. The molecule has 0 bridgehead atoms. The zero-order valence-corrected chi connectivity index (χ0v) is 9.94. The molecule has 0 unspecified atom stereocenters. The number of ether oxygens (including phenoxy) is 1. The second kappa shape index (κ2) is 4.85. The predicted molar refractivity (Wildman–Crippen MR) is 65.5 cm³/mol. The molecule has 1 aliphatic rings. The maximum atomic E-state index is 5.77. The molecule has 1 aliphatic carbocycles. The van der Waals surface area contributed by atoms with Crippen molar-refractivity contribution in [2.24, 2.45) is 5.73 Å². The Morgan fingerprint density at radius 1 is 1.38 bits per heavy atom. The van der Waals surface area contributed by atoms with Gasteiger partial charge in [-0.25, -0.2) is 0 Å². The van der Waals surface area contributed by atoms with Crippen LogP contribution in [0, 0.1) is 0 Å². The second-order valence-corrected chi connectivity index (χ2v) is 4.56. The van der Waals surface area contributed by atoms with Gasteiger partial charge in [0.15, 0.2) is 0 Å². The molecule has 16 heavy (non-hydrogen) atoms. The average molecular weight is 220 g/mol. The van der Waals surface area contributed by atoms with Crippen LogP contribution < -0.4 is 15.8 Å². The summed E-state index contributed by atoms with van der Waals surface area (Å²) in [7, 11) is 1.71. The zero-order chi connectivity index (χ0) is 11.5. The lowest BCUT2D eigenvalue weighted by Gasteiger charge is -2.35. The fourth-order valence-electron chi connectivity index (χ4n) is 2.27. The Kier molecular flexibility index (Phi) is 3.46. The summed E-state index contributed by atoms with van der Waals surface area (Å²) in [5.74, 6) is 0.950. The van der Waals surface area contributed by atoms with Crippen LogP contribution in [0.1, 0.15) is 31.4 Å². The van der Waals surface area contributed by atoms with E-state index < -0.39 is 0 Å². The molecule has 88 valence electrons. The van der Waals surface area contributed by atoms with Crippen molar-refractivity contribution in [1.82, 2.24) is 5.32 Å². The molecule has 1 aromatic carbocycles. The van der Waals surface area contributed by atoms with Crippen LogP contribution in [0.25, 0.3) is 0 Å². The van der Waals surface area contributed by atoms with Crippen LogP contribution in [0.3, 0.4) is 0 Å². The van der Waals surface area contributed by atoms with Crippen molar-refractivity contribution >= 4 is 0 Å². The number of nitrogens with one attached hydrogen (secondary N) is 1. The first-order valence-corrected chi connectivity index (χ1v) is 5.85. The fraction of sp³-hybridized carbons (Fsp3) is 0.538. The minimum atomic E-state index is 0.314. The van der Waals surface area contributed by atoms with Crippen molar-refractivity contribution in [2.75, 3.05) is 7.11 Å². The van der Waals surface area contributed by atoms with Gasteiger partial charge in [-0.1, -0.05) is 18.2 Å². The lowest BCUT2D eigenvalue weighted by Crippen LogP contribution is -2.49. The van der Waals surface area contributed by atoms with Crippen molar-refractivity contribution in [2.45, 2.75) is 37.9 Å². The van der Waals surface area contributed by atoms with E-state index in [4.69, 9.17) is 10.5 Å². The first kappa shape index (κ1) is 11.4. The normalized spacial score (nSPS) is 25.9. The van der Waals surface area contributed by atoms with Gasteiger partial charge in [0.1, 0.15) is 5.75 Å². The molecule has 3 heteroatoms. The fourth-order valence-corrected chi connectivity index (χ4v) is 2.27. The maximum Gasteiger partial charge on any atom is 0.123 e. The number of methoxy groups -OCH3 is 1. The van der Waals surface area contributed by atoms with Gasteiger partial charge < -0.3 is 15.8 Å². The molecular weight excluding hydrogens is 200 g/mol. The molecule has 1 aromatic rings. The quantitative estimate of drug-likeness (QED) is 0.814. The van der Waals surface area contributed by atoms with Crippen molar-refractivity contribution < 1.29 is 4.74 Å². The van der Waals surface area contributed by atoms with Gasteiger partial charge in [-0.05, 0) is 25.8 Å². The van der Waals surface area contributed by atoms with Crippen LogP contribution in [-0.4, -0.2) is 19.2 Å². The molecule has 0 radical (unpaired) electrons. The predicted octanol–water partition coefficient (Wildman–Crippen LogP) is 1.84. The van der Waals surface area contributed by atoms with Crippen LogP contribution in [0.2, 0.25) is 0 Å². The molecule has 3 N–H and O–H groups in total. The highest BCUT2D eigenvalue weighted by molar-refractivity contribution is 5.35. The SMILES string of the molecule is COc1ccccc1[C@@H](C)NC1CC(N)C1. The number of hydrogen-bond donors (Lipinski definition) is 2. The van der Waals surface area contributed by atoms with Crippen LogP contribution in [0.4, 0.5) is 0 Å². The third-order valence-corrected chi connectivity index (χ3v) is 3.27. The second-order valence-electron chi connectivity index (χ2n) is 4.56. The lowest BCUT2D eigenvalue weighted by atomic mass is 9.86. The number of benzene rings is 1. The third-order valence-electron chi connectivity index (χ3n) is 3.27. The Bertz CT molecular complexity index is 348. The molecule has 2 rings (SSSR count). The summed E-state index contributed by atoms with van der Waals surface area (Å²) in [4.78, 5) is 0. The highest BCUT2D eigenvalue weighted by Crippen LogP contribution is 2.27. The van der Waals surface area contributed by atoms with Crippen molar-refractivity contribution in [1.29, 1.82) is 0 Å². The monoisotopic (exact) mass is 220 g/mol. The van der Waals surface area contributed by atoms with E-state index in [0.29, 0.717) is 18.1 Å². The minimum absolute atomic E-state index is 0.314. The Hall–Kier alpha value is -1.06. The van der Waals surface area contributed by atoms with E-state index >= 15 is 0 Å². The standard InChI is InChI=1S/C13H20N2O/c1-9(15-11-7-10(14)8-11)12-5-3-4-6-13(12)16-2/h3-6,9-11,15H,7-8,14H2,1-2H3/t9-,10?,11?/m1/s1. The van der Waals surface area contributed by atoms with Gasteiger partial charge in [-0.15, -0.1) is 0 Å². The zero-order valence-electron chi connectivity index (χ0n) is 9.94. The molecule has 0 spiro atoms. The van der Waals surface area contributed by atoms with E-state index in [9.17, 15) is 0 Å². The van der Waals surface area contributed by atoms with Gasteiger partial charge in [-0.2, -0.15) is 0 Å². The summed E-state index contributed by atoms with van der Waals surface area (Å²) in [5, 5.41) is 3.58. The van der Waals surface area contributed by atoms with Gasteiger partial charge in [0.2, 0.25) is 0 Å². The third kappa shape index (κ3) is 2.36. The summed E-state index contributed by atoms with van der Waals surface area (Å²) >= 11 is 0. The van der Waals surface area contributed by atoms with Gasteiger partial charge in [-0.3, -0.25) is 0 Å². The van der Waals surface area contributed by atoms with Gasteiger partial charge in [0, 0.05) is 23.7 Å². The molecule has 0 amide bonds. The van der Waals surface area contributed by atoms with Crippen LogP contribution >= 0.6 is 0 Å². The number of para-hydroxylation sites is 1. The molecule has 1 atom stereocenters. The Balaban J connectivity index is 1.99. The smallest absolute Gasteiger partial charge is 0.123 e. The van der Waals surface area contributed by atoms with Gasteiger partial charge in [0.25, 0.3) is 0 Å². The van der Waals surface area contributed by atoms with E-state index in [2.05, 4.69) is 18.3 Å². The van der Waals surface area contributed by atoms with Crippen LogP contribution in [0.15, 0.2) is 24.3 Å². The molecule has 3 nitrogen and oxygen atoms in total.